The van der Waals surface area contributed by atoms with Gasteiger partial charge >= 0.3 is 12.0 Å². The molecule has 0 saturated carbocycles. The summed E-state index contributed by atoms with van der Waals surface area (Å²) in [6.45, 7) is 7.54. The molecular formula is C13H26N2O3. The third kappa shape index (κ3) is 7.92. The molecule has 0 saturated heterocycles. The number of rotatable bonds is 9. The van der Waals surface area contributed by atoms with Gasteiger partial charge < -0.3 is 15.3 Å². The molecule has 1 unspecified atom stereocenters. The molecule has 18 heavy (non-hydrogen) atoms. The fourth-order valence-corrected chi connectivity index (χ4v) is 1.79. The van der Waals surface area contributed by atoms with Crippen LogP contribution in [0.25, 0.3) is 0 Å². The first-order valence-corrected chi connectivity index (χ1v) is 6.78. The Morgan fingerprint density at radius 3 is 2.22 bits per heavy atom. The van der Waals surface area contributed by atoms with Crippen LogP contribution >= 0.6 is 0 Å². The molecule has 106 valence electrons. The number of carboxylic acids is 1. The second-order valence-electron chi connectivity index (χ2n) is 4.62. The number of urea groups is 1. The van der Waals surface area contributed by atoms with Crippen LogP contribution < -0.4 is 5.32 Å². The molecule has 0 spiro atoms. The smallest absolute Gasteiger partial charge is 0.317 e. The summed E-state index contributed by atoms with van der Waals surface area (Å²) in [6.07, 6.45) is 3.35. The molecule has 2 N–H and O–H groups in total. The van der Waals surface area contributed by atoms with E-state index in [1.165, 1.54) is 0 Å². The maximum Gasteiger partial charge on any atom is 0.317 e. The minimum atomic E-state index is -0.785. The van der Waals surface area contributed by atoms with Crippen molar-refractivity contribution in [3.63, 3.8) is 0 Å². The van der Waals surface area contributed by atoms with Crippen molar-refractivity contribution in [2.75, 3.05) is 13.1 Å². The van der Waals surface area contributed by atoms with E-state index in [1.54, 1.807) is 0 Å². The molecule has 1 atom stereocenters. The van der Waals surface area contributed by atoms with Gasteiger partial charge in [0.1, 0.15) is 0 Å². The highest BCUT2D eigenvalue weighted by atomic mass is 16.4. The van der Waals surface area contributed by atoms with Gasteiger partial charge in [-0.3, -0.25) is 4.79 Å². The van der Waals surface area contributed by atoms with E-state index in [2.05, 4.69) is 5.32 Å². The third-order valence-corrected chi connectivity index (χ3v) is 2.67. The normalized spacial score (nSPS) is 11.9. The van der Waals surface area contributed by atoms with Crippen molar-refractivity contribution < 1.29 is 14.7 Å². The third-order valence-electron chi connectivity index (χ3n) is 2.67. The maximum absolute atomic E-state index is 11.9. The van der Waals surface area contributed by atoms with Crippen molar-refractivity contribution in [1.29, 1.82) is 0 Å². The molecule has 5 heteroatoms. The van der Waals surface area contributed by atoms with E-state index in [1.807, 2.05) is 25.7 Å². The molecular weight excluding hydrogens is 232 g/mol. The lowest BCUT2D eigenvalue weighted by atomic mass is 10.1. The lowest BCUT2D eigenvalue weighted by Crippen LogP contribution is -2.44. The van der Waals surface area contributed by atoms with Gasteiger partial charge in [0, 0.05) is 25.6 Å². The second kappa shape index (κ2) is 9.74. The van der Waals surface area contributed by atoms with Crippen LogP contribution in [0.2, 0.25) is 0 Å². The first-order chi connectivity index (χ1) is 8.51. The van der Waals surface area contributed by atoms with Gasteiger partial charge in [-0.25, -0.2) is 4.79 Å². The van der Waals surface area contributed by atoms with Crippen LogP contribution in [0.15, 0.2) is 0 Å². The Hall–Kier alpha value is -1.26. The predicted octanol–water partition coefficient (Wildman–Crippen LogP) is 2.46. The zero-order chi connectivity index (χ0) is 14.0. The average molecular weight is 258 g/mol. The fourth-order valence-electron chi connectivity index (χ4n) is 1.79. The molecule has 0 aliphatic carbocycles. The van der Waals surface area contributed by atoms with Crippen LogP contribution in [0.3, 0.4) is 0 Å². The summed E-state index contributed by atoms with van der Waals surface area (Å²) in [6, 6.07) is -0.0189. The molecule has 0 aliphatic heterocycles. The fraction of sp³-hybridized carbons (Fsp3) is 0.846. The summed E-state index contributed by atoms with van der Waals surface area (Å²) >= 11 is 0. The summed E-state index contributed by atoms with van der Waals surface area (Å²) in [4.78, 5) is 24.1. The van der Waals surface area contributed by atoms with Gasteiger partial charge in [0.2, 0.25) is 0 Å². The first kappa shape index (κ1) is 16.7. The summed E-state index contributed by atoms with van der Waals surface area (Å²) < 4.78 is 0. The molecule has 0 heterocycles. The van der Waals surface area contributed by atoms with Crippen LogP contribution in [0, 0.1) is 0 Å². The van der Waals surface area contributed by atoms with Crippen molar-refractivity contribution in [2.24, 2.45) is 0 Å². The molecule has 0 aromatic rings. The van der Waals surface area contributed by atoms with Crippen LogP contribution in [-0.2, 0) is 4.79 Å². The Balaban J connectivity index is 3.98. The van der Waals surface area contributed by atoms with Gasteiger partial charge in [-0.05, 0) is 32.6 Å². The summed E-state index contributed by atoms with van der Waals surface area (Å²) in [5.74, 6) is -0.785. The monoisotopic (exact) mass is 258 g/mol. The zero-order valence-corrected chi connectivity index (χ0v) is 11.7. The molecule has 0 radical (unpaired) electrons. The van der Waals surface area contributed by atoms with Crippen LogP contribution in [0.1, 0.15) is 52.9 Å². The van der Waals surface area contributed by atoms with Crippen LogP contribution in [0.4, 0.5) is 4.79 Å². The lowest BCUT2D eigenvalue weighted by molar-refractivity contribution is -0.137. The Morgan fingerprint density at radius 1 is 1.22 bits per heavy atom. The first-order valence-electron chi connectivity index (χ1n) is 6.78. The molecule has 5 nitrogen and oxygen atoms in total. The number of nitrogens with zero attached hydrogens (tertiary/aromatic N) is 1. The van der Waals surface area contributed by atoms with Gasteiger partial charge in [0.15, 0.2) is 0 Å². The maximum atomic E-state index is 11.9. The van der Waals surface area contributed by atoms with E-state index < -0.39 is 5.97 Å². The van der Waals surface area contributed by atoms with Crippen LogP contribution in [0.5, 0.6) is 0 Å². The molecule has 0 aliphatic rings. The van der Waals surface area contributed by atoms with E-state index in [9.17, 15) is 9.59 Å². The molecule has 0 aromatic heterocycles. The molecule has 0 fully saturated rings. The van der Waals surface area contributed by atoms with Crippen molar-refractivity contribution >= 4 is 12.0 Å². The number of carbonyl (C=O) groups excluding carboxylic acids is 1. The number of aliphatic carboxylic acids is 1. The Labute approximate surface area is 110 Å². The minimum Gasteiger partial charge on any atom is -0.481 e. The number of hydrogen-bond donors (Lipinski definition) is 2. The summed E-state index contributed by atoms with van der Waals surface area (Å²) in [5, 5.41) is 11.5. The largest absolute Gasteiger partial charge is 0.481 e. The van der Waals surface area contributed by atoms with E-state index in [4.69, 9.17) is 5.11 Å². The quantitative estimate of drug-likeness (QED) is 0.667. The average Bonchev–Trinajstić information content (AvgIpc) is 2.28. The van der Waals surface area contributed by atoms with E-state index >= 15 is 0 Å². The Kier molecular flexibility index (Phi) is 9.06. The van der Waals surface area contributed by atoms with E-state index in [0.717, 1.165) is 25.9 Å². The number of amides is 2. The Bertz CT molecular complexity index is 251. The molecule has 0 aromatic carbocycles. The SMILES string of the molecule is CCCN(CCC)C(=O)NC(C)CCCC(=O)O. The van der Waals surface area contributed by atoms with Gasteiger partial charge in [-0.15, -0.1) is 0 Å². The summed E-state index contributed by atoms with van der Waals surface area (Å²) in [5.41, 5.74) is 0. The predicted molar refractivity (Wildman–Crippen MR) is 71.6 cm³/mol. The second-order valence-corrected chi connectivity index (χ2v) is 4.62. The van der Waals surface area contributed by atoms with Gasteiger partial charge in [0.25, 0.3) is 0 Å². The van der Waals surface area contributed by atoms with E-state index in [-0.39, 0.29) is 18.5 Å². The van der Waals surface area contributed by atoms with Gasteiger partial charge in [-0.1, -0.05) is 13.8 Å². The van der Waals surface area contributed by atoms with Crippen molar-refractivity contribution in [3.8, 4) is 0 Å². The number of carboxylic acid groups (broad SMARTS) is 1. The number of carbonyl (C=O) groups is 2. The van der Waals surface area contributed by atoms with Crippen molar-refractivity contribution in [3.05, 3.63) is 0 Å². The summed E-state index contributed by atoms with van der Waals surface area (Å²) in [7, 11) is 0. The standard InChI is InChI=1S/C13H26N2O3/c1-4-9-15(10-5-2)13(18)14-11(3)7-6-8-12(16)17/h11H,4-10H2,1-3H3,(H,14,18)(H,16,17). The van der Waals surface area contributed by atoms with Gasteiger partial charge in [0.05, 0.1) is 0 Å². The van der Waals surface area contributed by atoms with Crippen molar-refractivity contribution in [1.82, 2.24) is 10.2 Å². The zero-order valence-electron chi connectivity index (χ0n) is 11.7. The van der Waals surface area contributed by atoms with Gasteiger partial charge in [-0.2, -0.15) is 0 Å². The highest BCUT2D eigenvalue weighted by Crippen LogP contribution is 2.02. The van der Waals surface area contributed by atoms with Crippen molar-refractivity contribution in [2.45, 2.75) is 58.9 Å². The molecule has 0 rings (SSSR count). The molecule has 0 bridgehead atoms. The number of nitrogens with one attached hydrogen (secondary N) is 1. The Morgan fingerprint density at radius 2 is 1.78 bits per heavy atom. The number of hydrogen-bond acceptors (Lipinski definition) is 2. The van der Waals surface area contributed by atoms with Crippen LogP contribution in [-0.4, -0.2) is 41.1 Å². The molecule has 2 amide bonds. The highest BCUT2D eigenvalue weighted by molar-refractivity contribution is 5.74. The van der Waals surface area contributed by atoms with E-state index in [0.29, 0.717) is 12.8 Å². The topological polar surface area (TPSA) is 69.6 Å². The highest BCUT2D eigenvalue weighted by Gasteiger charge is 2.14. The lowest BCUT2D eigenvalue weighted by Gasteiger charge is -2.24. The minimum absolute atomic E-state index is 0.0214.